The number of carboxylic acid groups (broad SMARTS) is 1. The minimum atomic E-state index is -0.949. The Hall–Kier alpha value is -3.20. The Morgan fingerprint density at radius 3 is 2.45 bits per heavy atom. The van der Waals surface area contributed by atoms with Crippen LogP contribution in [0.15, 0.2) is 36.5 Å². The first-order chi connectivity index (χ1) is 14.7. The number of carbonyl (C=O) groups is 2. The zero-order chi connectivity index (χ0) is 22.2. The number of ether oxygens (including phenoxy) is 1. The van der Waals surface area contributed by atoms with E-state index in [4.69, 9.17) is 9.84 Å². The molecule has 0 unspecified atom stereocenters. The number of carboxylic acids is 1. The van der Waals surface area contributed by atoms with Crippen LogP contribution in [-0.4, -0.2) is 63.8 Å². The summed E-state index contributed by atoms with van der Waals surface area (Å²) in [5.41, 5.74) is 1.41. The van der Waals surface area contributed by atoms with E-state index in [1.54, 1.807) is 29.3 Å². The summed E-state index contributed by atoms with van der Waals surface area (Å²) in [6.07, 6.45) is 1.50. The topological polar surface area (TPSA) is 95.9 Å². The van der Waals surface area contributed by atoms with Crippen molar-refractivity contribution in [2.75, 3.05) is 31.1 Å². The average molecular weight is 441 g/mol. The molecule has 0 spiro atoms. The standard InChI is InChI=1S/C22H24N4O4S/c1-22(2,3)30-21(29)26-10-8-25(9-11-26)18-7-5-15(13-23-18)19-24-16-6-4-14(20(27)28)12-17(16)31-19/h4-7,12-13H,8-11H2,1-3H3,(H,27,28). The van der Waals surface area contributed by atoms with Crippen molar-refractivity contribution >= 4 is 39.4 Å². The van der Waals surface area contributed by atoms with E-state index < -0.39 is 11.6 Å². The van der Waals surface area contributed by atoms with Gasteiger partial charge in [-0.25, -0.2) is 19.6 Å². The maximum absolute atomic E-state index is 12.2. The number of fused-ring (bicyclic) bond motifs is 1. The third-order valence-electron chi connectivity index (χ3n) is 4.89. The van der Waals surface area contributed by atoms with Crippen molar-refractivity contribution in [2.45, 2.75) is 26.4 Å². The minimum Gasteiger partial charge on any atom is -0.478 e. The highest BCUT2D eigenvalue weighted by Crippen LogP contribution is 2.31. The van der Waals surface area contributed by atoms with Gasteiger partial charge in [0, 0.05) is 37.9 Å². The van der Waals surface area contributed by atoms with Crippen LogP contribution in [0.1, 0.15) is 31.1 Å². The first-order valence-electron chi connectivity index (χ1n) is 10.0. The molecule has 31 heavy (non-hydrogen) atoms. The molecule has 0 saturated carbocycles. The maximum atomic E-state index is 12.2. The first-order valence-corrected chi connectivity index (χ1v) is 10.8. The van der Waals surface area contributed by atoms with Gasteiger partial charge in [0.15, 0.2) is 0 Å². The van der Waals surface area contributed by atoms with Crippen molar-refractivity contribution in [3.63, 3.8) is 0 Å². The quantitative estimate of drug-likeness (QED) is 0.655. The molecule has 1 fully saturated rings. The van der Waals surface area contributed by atoms with Crippen molar-refractivity contribution in [1.82, 2.24) is 14.9 Å². The molecule has 9 heteroatoms. The smallest absolute Gasteiger partial charge is 0.410 e. The van der Waals surface area contributed by atoms with E-state index in [0.29, 0.717) is 26.2 Å². The van der Waals surface area contributed by atoms with E-state index in [9.17, 15) is 9.59 Å². The predicted octanol–water partition coefficient (Wildman–Crippen LogP) is 4.11. The maximum Gasteiger partial charge on any atom is 0.410 e. The Kier molecular flexibility index (Phi) is 5.53. The number of rotatable bonds is 3. The Balaban J connectivity index is 1.43. The summed E-state index contributed by atoms with van der Waals surface area (Å²) >= 11 is 1.45. The van der Waals surface area contributed by atoms with Crippen molar-refractivity contribution in [3.05, 3.63) is 42.1 Å². The molecule has 1 aliphatic rings. The van der Waals surface area contributed by atoms with Crippen LogP contribution in [-0.2, 0) is 4.74 Å². The second-order valence-electron chi connectivity index (χ2n) is 8.37. The summed E-state index contributed by atoms with van der Waals surface area (Å²) in [6.45, 7) is 8.13. The number of aromatic carboxylic acids is 1. The second kappa shape index (κ2) is 8.14. The lowest BCUT2D eigenvalue weighted by atomic mass is 10.2. The third-order valence-corrected chi connectivity index (χ3v) is 5.95. The summed E-state index contributed by atoms with van der Waals surface area (Å²) < 4.78 is 6.27. The molecule has 1 saturated heterocycles. The highest BCUT2D eigenvalue weighted by Gasteiger charge is 2.26. The molecule has 0 atom stereocenters. The molecule has 0 aliphatic carbocycles. The molecule has 2 aromatic heterocycles. The molecule has 162 valence electrons. The number of carbonyl (C=O) groups excluding carboxylic acids is 1. The average Bonchev–Trinajstić information content (AvgIpc) is 3.16. The van der Waals surface area contributed by atoms with Crippen LogP contribution >= 0.6 is 11.3 Å². The van der Waals surface area contributed by atoms with Crippen LogP contribution in [0, 0.1) is 0 Å². The number of amides is 1. The number of thiazole rings is 1. The van der Waals surface area contributed by atoms with Gasteiger partial charge in [0.25, 0.3) is 0 Å². The van der Waals surface area contributed by atoms with E-state index in [1.807, 2.05) is 32.9 Å². The normalized spacial score (nSPS) is 14.7. The Morgan fingerprint density at radius 1 is 1.10 bits per heavy atom. The van der Waals surface area contributed by atoms with Gasteiger partial charge in [-0.1, -0.05) is 0 Å². The van der Waals surface area contributed by atoms with Crippen LogP contribution < -0.4 is 4.90 Å². The summed E-state index contributed by atoms with van der Waals surface area (Å²) in [4.78, 5) is 36.4. The first kappa shape index (κ1) is 21.0. The van der Waals surface area contributed by atoms with Gasteiger partial charge in [0.2, 0.25) is 0 Å². The van der Waals surface area contributed by atoms with Gasteiger partial charge >= 0.3 is 12.1 Å². The molecule has 4 rings (SSSR count). The second-order valence-corrected chi connectivity index (χ2v) is 9.40. The number of benzene rings is 1. The number of piperazine rings is 1. The monoisotopic (exact) mass is 440 g/mol. The van der Waals surface area contributed by atoms with Crippen LogP contribution in [0.4, 0.5) is 10.6 Å². The minimum absolute atomic E-state index is 0.252. The largest absolute Gasteiger partial charge is 0.478 e. The molecule has 1 N–H and O–H groups in total. The molecule has 3 aromatic rings. The van der Waals surface area contributed by atoms with Crippen LogP contribution in [0.25, 0.3) is 20.8 Å². The zero-order valence-electron chi connectivity index (χ0n) is 17.7. The van der Waals surface area contributed by atoms with Gasteiger partial charge in [-0.05, 0) is 51.1 Å². The molecule has 0 radical (unpaired) electrons. The summed E-state index contributed by atoms with van der Waals surface area (Å²) in [5.74, 6) is -0.100. The Morgan fingerprint density at radius 2 is 1.84 bits per heavy atom. The summed E-state index contributed by atoms with van der Waals surface area (Å²) in [6, 6.07) is 8.85. The zero-order valence-corrected chi connectivity index (χ0v) is 18.5. The van der Waals surface area contributed by atoms with E-state index in [-0.39, 0.29) is 11.7 Å². The highest BCUT2D eigenvalue weighted by atomic mass is 32.1. The number of pyridine rings is 1. The molecule has 1 aromatic carbocycles. The van der Waals surface area contributed by atoms with E-state index >= 15 is 0 Å². The van der Waals surface area contributed by atoms with E-state index in [2.05, 4.69) is 14.9 Å². The van der Waals surface area contributed by atoms with Crippen molar-refractivity contribution in [1.29, 1.82) is 0 Å². The van der Waals surface area contributed by atoms with Gasteiger partial charge in [-0.2, -0.15) is 0 Å². The van der Waals surface area contributed by atoms with Crippen molar-refractivity contribution < 1.29 is 19.4 Å². The Bertz CT molecular complexity index is 1110. The molecular weight excluding hydrogens is 416 g/mol. The van der Waals surface area contributed by atoms with Crippen molar-refractivity contribution in [3.8, 4) is 10.6 Å². The Labute approximate surface area is 184 Å². The number of hydrogen-bond donors (Lipinski definition) is 1. The summed E-state index contributed by atoms with van der Waals surface area (Å²) in [7, 11) is 0. The van der Waals surface area contributed by atoms with E-state index in [0.717, 1.165) is 26.6 Å². The number of anilines is 1. The SMILES string of the molecule is CC(C)(C)OC(=O)N1CCN(c2ccc(-c3nc4ccc(C(=O)O)cc4s3)cn2)CC1. The van der Waals surface area contributed by atoms with Crippen molar-refractivity contribution in [2.24, 2.45) is 0 Å². The lowest BCUT2D eigenvalue weighted by Gasteiger charge is -2.36. The fourth-order valence-corrected chi connectivity index (χ4v) is 4.32. The van der Waals surface area contributed by atoms with E-state index in [1.165, 1.54) is 11.3 Å². The van der Waals surface area contributed by atoms with Gasteiger partial charge in [-0.15, -0.1) is 11.3 Å². The fourth-order valence-electron chi connectivity index (χ4n) is 3.33. The van der Waals surface area contributed by atoms with Crippen LogP contribution in [0.2, 0.25) is 0 Å². The molecule has 1 aliphatic heterocycles. The fraction of sp³-hybridized carbons (Fsp3) is 0.364. The highest BCUT2D eigenvalue weighted by molar-refractivity contribution is 7.21. The number of aromatic nitrogens is 2. The molecular formula is C22H24N4O4S. The third kappa shape index (κ3) is 4.77. The number of nitrogens with zero attached hydrogens (tertiary/aromatic N) is 4. The molecule has 8 nitrogen and oxygen atoms in total. The van der Waals surface area contributed by atoms with Gasteiger partial charge in [-0.3, -0.25) is 0 Å². The summed E-state index contributed by atoms with van der Waals surface area (Å²) in [5, 5.41) is 9.96. The molecule has 0 bridgehead atoms. The van der Waals surface area contributed by atoms with Crippen LogP contribution in [0.3, 0.4) is 0 Å². The van der Waals surface area contributed by atoms with Gasteiger partial charge < -0.3 is 19.6 Å². The van der Waals surface area contributed by atoms with Gasteiger partial charge in [0.05, 0.1) is 15.8 Å². The lowest BCUT2D eigenvalue weighted by molar-refractivity contribution is 0.0240. The molecule has 1 amide bonds. The number of hydrogen-bond acceptors (Lipinski definition) is 7. The van der Waals surface area contributed by atoms with Crippen LogP contribution in [0.5, 0.6) is 0 Å². The van der Waals surface area contributed by atoms with Gasteiger partial charge in [0.1, 0.15) is 16.4 Å². The predicted molar refractivity (Wildman–Crippen MR) is 120 cm³/mol. The lowest BCUT2D eigenvalue weighted by Crippen LogP contribution is -2.50. The molecule has 3 heterocycles.